The van der Waals surface area contributed by atoms with E-state index in [0.717, 1.165) is 27.6 Å². The largest absolute Gasteiger partial charge is 0.265 e. The summed E-state index contributed by atoms with van der Waals surface area (Å²) in [5, 5.41) is 1.14. The summed E-state index contributed by atoms with van der Waals surface area (Å²) in [4.78, 5) is 12.9. The maximum absolute atomic E-state index is 4.49. The fourth-order valence-electron chi connectivity index (χ4n) is 2.86. The Morgan fingerprint density at radius 2 is 1.52 bits per heavy atom. The van der Waals surface area contributed by atoms with Gasteiger partial charge in [0, 0.05) is 41.9 Å². The van der Waals surface area contributed by atoms with E-state index in [4.69, 9.17) is 0 Å². The average Bonchev–Trinajstić information content (AvgIpc) is 2.62. The zero-order chi connectivity index (χ0) is 15.6. The van der Waals surface area contributed by atoms with Crippen LogP contribution in [-0.4, -0.2) is 15.0 Å². The summed E-state index contributed by atoms with van der Waals surface area (Å²) in [5.74, 6) is 0. The molecule has 3 aromatic heterocycles. The number of fused-ring (bicyclic) bond motifs is 1. The molecule has 0 N–H and O–H groups in total. The van der Waals surface area contributed by atoms with Gasteiger partial charge in [-0.3, -0.25) is 15.0 Å². The molecular weight excluding hydrogens is 282 g/mol. The van der Waals surface area contributed by atoms with E-state index in [2.05, 4.69) is 46.1 Å². The molecule has 4 rings (SSSR count). The molecule has 0 spiro atoms. The second-order valence-corrected chi connectivity index (χ2v) is 5.52. The molecule has 0 saturated heterocycles. The zero-order valence-electron chi connectivity index (χ0n) is 12.8. The van der Waals surface area contributed by atoms with Crippen molar-refractivity contribution in [2.45, 2.75) is 6.92 Å². The summed E-state index contributed by atoms with van der Waals surface area (Å²) < 4.78 is 0. The molecule has 110 valence electrons. The smallest absolute Gasteiger partial charge is 0.0708 e. The van der Waals surface area contributed by atoms with Crippen LogP contribution in [0.15, 0.2) is 73.4 Å². The molecule has 0 unspecified atom stereocenters. The van der Waals surface area contributed by atoms with Crippen molar-refractivity contribution in [1.82, 2.24) is 15.0 Å². The standard InChI is InChI=1S/C20H15N3/c1-14-4-8-22-13-19(14)16-2-3-20-18(12-16)17(7-11-23-20)15-5-9-21-10-6-15/h2-13H,1H3. The predicted molar refractivity (Wildman–Crippen MR) is 92.9 cm³/mol. The third-order valence-electron chi connectivity index (χ3n) is 4.08. The van der Waals surface area contributed by atoms with Gasteiger partial charge in [0.25, 0.3) is 0 Å². The summed E-state index contributed by atoms with van der Waals surface area (Å²) >= 11 is 0. The van der Waals surface area contributed by atoms with Gasteiger partial charge in [0.05, 0.1) is 5.52 Å². The average molecular weight is 297 g/mol. The SMILES string of the molecule is Cc1ccncc1-c1ccc2nccc(-c3ccncc3)c2c1. The molecule has 0 bridgehead atoms. The van der Waals surface area contributed by atoms with Gasteiger partial charge in [0.15, 0.2) is 0 Å². The van der Waals surface area contributed by atoms with Crippen LogP contribution in [0.1, 0.15) is 5.56 Å². The molecule has 0 saturated carbocycles. The third-order valence-corrected chi connectivity index (χ3v) is 4.08. The molecule has 1 aromatic carbocycles. The number of aromatic nitrogens is 3. The van der Waals surface area contributed by atoms with Crippen LogP contribution in [0.25, 0.3) is 33.2 Å². The fraction of sp³-hybridized carbons (Fsp3) is 0.0500. The minimum Gasteiger partial charge on any atom is -0.265 e. The lowest BCUT2D eigenvalue weighted by Gasteiger charge is -2.10. The monoisotopic (exact) mass is 297 g/mol. The molecule has 0 aliphatic rings. The van der Waals surface area contributed by atoms with Crippen molar-refractivity contribution in [2.24, 2.45) is 0 Å². The topological polar surface area (TPSA) is 38.7 Å². The predicted octanol–water partition coefficient (Wildman–Crippen LogP) is 4.67. The molecular formula is C20H15N3. The van der Waals surface area contributed by atoms with Crippen LogP contribution in [-0.2, 0) is 0 Å². The van der Waals surface area contributed by atoms with E-state index >= 15 is 0 Å². The zero-order valence-corrected chi connectivity index (χ0v) is 12.8. The summed E-state index contributed by atoms with van der Waals surface area (Å²) in [6.07, 6.45) is 9.23. The molecule has 4 aromatic rings. The normalized spacial score (nSPS) is 10.8. The van der Waals surface area contributed by atoms with Gasteiger partial charge in [0.2, 0.25) is 0 Å². The Balaban J connectivity index is 1.97. The van der Waals surface area contributed by atoms with E-state index in [1.54, 1.807) is 0 Å². The maximum Gasteiger partial charge on any atom is 0.0708 e. The second kappa shape index (κ2) is 5.61. The van der Waals surface area contributed by atoms with E-state index in [9.17, 15) is 0 Å². The quantitative estimate of drug-likeness (QED) is 0.540. The van der Waals surface area contributed by atoms with Crippen molar-refractivity contribution < 1.29 is 0 Å². The lowest BCUT2D eigenvalue weighted by molar-refractivity contribution is 1.29. The molecule has 0 aliphatic carbocycles. The number of hydrogen-bond donors (Lipinski definition) is 0. The van der Waals surface area contributed by atoms with Crippen molar-refractivity contribution in [1.29, 1.82) is 0 Å². The van der Waals surface area contributed by atoms with Crippen LogP contribution in [0, 0.1) is 6.92 Å². The van der Waals surface area contributed by atoms with Gasteiger partial charge in [-0.2, -0.15) is 0 Å². The number of pyridine rings is 3. The highest BCUT2D eigenvalue weighted by molar-refractivity contribution is 5.96. The first-order valence-electron chi connectivity index (χ1n) is 7.53. The first kappa shape index (κ1) is 13.6. The first-order chi connectivity index (χ1) is 11.3. The molecule has 0 fully saturated rings. The maximum atomic E-state index is 4.49. The number of rotatable bonds is 2. The van der Waals surface area contributed by atoms with Crippen molar-refractivity contribution in [2.75, 3.05) is 0 Å². The lowest BCUT2D eigenvalue weighted by atomic mass is 9.97. The van der Waals surface area contributed by atoms with Gasteiger partial charge < -0.3 is 0 Å². The summed E-state index contributed by atoms with van der Waals surface area (Å²) in [6, 6.07) is 14.5. The Hall–Kier alpha value is -3.07. The van der Waals surface area contributed by atoms with Crippen LogP contribution in [0.2, 0.25) is 0 Å². The van der Waals surface area contributed by atoms with E-state index in [1.807, 2.05) is 49.2 Å². The number of nitrogens with zero attached hydrogens (tertiary/aromatic N) is 3. The summed E-state index contributed by atoms with van der Waals surface area (Å²) in [5.41, 5.74) is 6.83. The van der Waals surface area contributed by atoms with Gasteiger partial charge in [-0.05, 0) is 65.6 Å². The van der Waals surface area contributed by atoms with Gasteiger partial charge in [0.1, 0.15) is 0 Å². The molecule has 0 atom stereocenters. The lowest BCUT2D eigenvalue weighted by Crippen LogP contribution is -1.88. The fourth-order valence-corrected chi connectivity index (χ4v) is 2.86. The van der Waals surface area contributed by atoms with E-state index in [1.165, 1.54) is 11.1 Å². The van der Waals surface area contributed by atoms with Crippen molar-refractivity contribution in [3.8, 4) is 22.3 Å². The molecule has 0 amide bonds. The minimum atomic E-state index is 0.990. The Morgan fingerprint density at radius 1 is 0.696 bits per heavy atom. The molecule has 0 radical (unpaired) electrons. The Morgan fingerprint density at radius 3 is 2.35 bits per heavy atom. The highest BCUT2D eigenvalue weighted by Gasteiger charge is 2.08. The number of hydrogen-bond acceptors (Lipinski definition) is 3. The van der Waals surface area contributed by atoms with Crippen molar-refractivity contribution in [3.63, 3.8) is 0 Å². The third kappa shape index (κ3) is 2.46. The van der Waals surface area contributed by atoms with E-state index in [0.29, 0.717) is 0 Å². The van der Waals surface area contributed by atoms with E-state index in [-0.39, 0.29) is 0 Å². The van der Waals surface area contributed by atoms with Gasteiger partial charge in [-0.25, -0.2) is 0 Å². The van der Waals surface area contributed by atoms with Crippen LogP contribution in [0.5, 0.6) is 0 Å². The minimum absolute atomic E-state index is 0.990. The second-order valence-electron chi connectivity index (χ2n) is 5.52. The Labute approximate surface area is 134 Å². The number of benzene rings is 1. The van der Waals surface area contributed by atoms with Gasteiger partial charge in [-0.1, -0.05) is 6.07 Å². The van der Waals surface area contributed by atoms with E-state index < -0.39 is 0 Å². The Bertz CT molecular complexity index is 978. The van der Waals surface area contributed by atoms with Crippen molar-refractivity contribution in [3.05, 3.63) is 79.0 Å². The summed E-state index contributed by atoms with van der Waals surface area (Å²) in [7, 11) is 0. The summed E-state index contributed by atoms with van der Waals surface area (Å²) in [6.45, 7) is 2.11. The molecule has 3 heterocycles. The van der Waals surface area contributed by atoms with Crippen LogP contribution < -0.4 is 0 Å². The highest BCUT2D eigenvalue weighted by Crippen LogP contribution is 2.31. The molecule has 3 heteroatoms. The molecule has 3 nitrogen and oxygen atoms in total. The highest BCUT2D eigenvalue weighted by atomic mass is 14.6. The van der Waals surface area contributed by atoms with Gasteiger partial charge >= 0.3 is 0 Å². The first-order valence-corrected chi connectivity index (χ1v) is 7.53. The molecule has 0 aliphatic heterocycles. The van der Waals surface area contributed by atoms with Crippen LogP contribution in [0.4, 0.5) is 0 Å². The van der Waals surface area contributed by atoms with Crippen LogP contribution in [0.3, 0.4) is 0 Å². The number of aryl methyl sites for hydroxylation is 1. The molecule has 23 heavy (non-hydrogen) atoms. The van der Waals surface area contributed by atoms with Gasteiger partial charge in [-0.15, -0.1) is 0 Å². The Kier molecular flexibility index (Phi) is 3.31. The van der Waals surface area contributed by atoms with Crippen molar-refractivity contribution >= 4 is 10.9 Å². The van der Waals surface area contributed by atoms with Crippen LogP contribution >= 0.6 is 0 Å².